The summed E-state index contributed by atoms with van der Waals surface area (Å²) in [6.07, 6.45) is -5.52. The van der Waals surface area contributed by atoms with Gasteiger partial charge in [0.1, 0.15) is 12.2 Å². The number of hydrogen-bond acceptors (Lipinski definition) is 12. The highest BCUT2D eigenvalue weighted by Gasteiger charge is 2.59. The fourth-order valence-corrected chi connectivity index (χ4v) is 5.85. The summed E-state index contributed by atoms with van der Waals surface area (Å²) < 4.78 is 62.7. The van der Waals surface area contributed by atoms with Crippen LogP contribution in [0.3, 0.4) is 0 Å². The average Bonchev–Trinajstić information content (AvgIpc) is 3.90. The van der Waals surface area contributed by atoms with Crippen LogP contribution in [-0.4, -0.2) is 85.6 Å². The molecule has 1 aliphatic carbocycles. The molecule has 2 fully saturated rings. The Morgan fingerprint density at radius 3 is 2.23 bits per heavy atom. The van der Waals surface area contributed by atoms with Crippen LogP contribution in [0.5, 0.6) is 0 Å². The third kappa shape index (κ3) is 10.7. The van der Waals surface area contributed by atoms with Gasteiger partial charge in [0.15, 0.2) is 23.8 Å². The highest BCUT2D eigenvalue weighted by molar-refractivity contribution is 6.30. The maximum Gasteiger partial charge on any atom is 0.366 e. The van der Waals surface area contributed by atoms with Gasteiger partial charge < -0.3 is 39.1 Å². The van der Waals surface area contributed by atoms with Crippen LogP contribution in [0.15, 0.2) is 42.5 Å². The molecule has 2 aromatic carbocycles. The molecule has 2 amide bonds. The molecule has 0 spiro atoms. The topological polar surface area (TPSA) is 182 Å². The molecule has 0 aromatic heterocycles. The summed E-state index contributed by atoms with van der Waals surface area (Å²) in [6.45, 7) is 1.84. The molecule has 1 saturated carbocycles. The Labute approximate surface area is 302 Å². The predicted molar refractivity (Wildman–Crippen MR) is 175 cm³/mol. The molecule has 1 aliphatic heterocycles. The third-order valence-electron chi connectivity index (χ3n) is 8.24. The van der Waals surface area contributed by atoms with Crippen molar-refractivity contribution in [3.63, 3.8) is 0 Å². The van der Waals surface area contributed by atoms with Gasteiger partial charge in [0.2, 0.25) is 5.91 Å². The Kier molecular flexibility index (Phi) is 13.7. The summed E-state index contributed by atoms with van der Waals surface area (Å²) in [7, 11) is 0.983. The number of esters is 4. The lowest BCUT2D eigenvalue weighted by Crippen LogP contribution is -2.69. The minimum Gasteiger partial charge on any atom is -0.465 e. The van der Waals surface area contributed by atoms with Gasteiger partial charge in [-0.25, -0.2) is 13.6 Å². The molecular weight excluding hydrogens is 714 g/mol. The Bertz CT molecular complexity index is 1660. The summed E-state index contributed by atoms with van der Waals surface area (Å²) >= 11 is 5.94. The van der Waals surface area contributed by atoms with E-state index in [0.29, 0.717) is 5.02 Å². The van der Waals surface area contributed by atoms with Gasteiger partial charge in [-0.2, -0.15) is 0 Å². The molecule has 14 nitrogen and oxygen atoms in total. The molecule has 0 unspecified atom stereocenters. The number of rotatable bonds is 15. The largest absolute Gasteiger partial charge is 0.465 e. The number of nitrogens with one attached hydrogen (secondary N) is 2. The number of methoxy groups -OCH3 is 1. The van der Waals surface area contributed by atoms with Crippen LogP contribution >= 0.6 is 11.6 Å². The fraction of sp³-hybridized carbons (Fsp3) is 0.486. The Hall–Kier alpha value is -4.67. The molecule has 17 heteroatoms. The first-order valence-corrected chi connectivity index (χ1v) is 16.7. The summed E-state index contributed by atoms with van der Waals surface area (Å²) in [5, 5.41) is 5.70. The lowest BCUT2D eigenvalue weighted by Gasteiger charge is -2.48. The maximum atomic E-state index is 14.7. The zero-order valence-corrected chi connectivity index (χ0v) is 29.5. The molecule has 4 rings (SSSR count). The first-order chi connectivity index (χ1) is 24.6. The zero-order chi connectivity index (χ0) is 38.2. The predicted octanol–water partition coefficient (Wildman–Crippen LogP) is 3.30. The number of carbonyl (C=O) groups is 6. The maximum absolute atomic E-state index is 14.7. The minimum atomic E-state index is -2.58. The van der Waals surface area contributed by atoms with Crippen LogP contribution in [0, 0.1) is 17.6 Å². The molecule has 2 aromatic rings. The quantitative estimate of drug-likeness (QED) is 0.200. The molecule has 1 saturated heterocycles. The van der Waals surface area contributed by atoms with Crippen molar-refractivity contribution < 1.29 is 66.0 Å². The van der Waals surface area contributed by atoms with Crippen LogP contribution in [0.1, 0.15) is 62.4 Å². The number of amides is 2. The van der Waals surface area contributed by atoms with Gasteiger partial charge in [-0.05, 0) is 49.1 Å². The zero-order valence-electron chi connectivity index (χ0n) is 28.8. The van der Waals surface area contributed by atoms with E-state index in [9.17, 15) is 37.5 Å². The molecule has 1 heterocycles. The van der Waals surface area contributed by atoms with E-state index in [1.54, 1.807) is 0 Å². The Morgan fingerprint density at radius 1 is 0.962 bits per heavy atom. The van der Waals surface area contributed by atoms with Crippen molar-refractivity contribution in [3.8, 4) is 0 Å². The van der Waals surface area contributed by atoms with Crippen molar-refractivity contribution in [1.29, 1.82) is 0 Å². The van der Waals surface area contributed by atoms with Crippen LogP contribution < -0.4 is 10.6 Å². The van der Waals surface area contributed by atoms with Crippen molar-refractivity contribution >= 4 is 47.3 Å². The number of hydrogen-bond donors (Lipinski definition) is 2. The second kappa shape index (κ2) is 17.7. The van der Waals surface area contributed by atoms with Gasteiger partial charge in [-0.15, -0.1) is 0 Å². The summed E-state index contributed by atoms with van der Waals surface area (Å²) in [6, 6.07) is 7.69. The Morgan fingerprint density at radius 2 is 1.63 bits per heavy atom. The first kappa shape index (κ1) is 40.1. The van der Waals surface area contributed by atoms with E-state index in [1.807, 2.05) is 0 Å². The van der Waals surface area contributed by atoms with Crippen molar-refractivity contribution in [3.05, 3.63) is 70.2 Å². The van der Waals surface area contributed by atoms with Gasteiger partial charge in [-0.1, -0.05) is 23.7 Å². The lowest BCUT2D eigenvalue weighted by molar-refractivity contribution is -0.317. The van der Waals surface area contributed by atoms with Crippen molar-refractivity contribution in [2.45, 2.75) is 89.3 Å². The Balaban J connectivity index is 1.81. The smallest absolute Gasteiger partial charge is 0.366 e. The van der Waals surface area contributed by atoms with E-state index < -0.39 is 103 Å². The highest BCUT2D eigenvalue weighted by Crippen LogP contribution is 2.38. The van der Waals surface area contributed by atoms with E-state index >= 15 is 0 Å². The molecule has 0 bridgehead atoms. The van der Waals surface area contributed by atoms with E-state index in [0.717, 1.165) is 46.8 Å². The second-order valence-electron chi connectivity index (χ2n) is 12.4. The van der Waals surface area contributed by atoms with Crippen molar-refractivity contribution in [2.24, 2.45) is 5.92 Å². The number of halogens is 3. The monoisotopic (exact) mass is 752 g/mol. The normalized spacial score (nSPS) is 22.2. The van der Waals surface area contributed by atoms with Gasteiger partial charge in [0, 0.05) is 43.3 Å². The van der Waals surface area contributed by atoms with Gasteiger partial charge in [0.05, 0.1) is 32.7 Å². The number of carbonyl (C=O) groups excluding carboxylic acids is 6. The van der Waals surface area contributed by atoms with Crippen LogP contribution in [0.25, 0.3) is 0 Å². The molecule has 2 N–H and O–H groups in total. The van der Waals surface area contributed by atoms with Crippen molar-refractivity contribution in [1.82, 2.24) is 10.6 Å². The van der Waals surface area contributed by atoms with Crippen LogP contribution in [-0.2, 0) is 59.0 Å². The van der Waals surface area contributed by atoms with E-state index in [-0.39, 0.29) is 23.5 Å². The molecule has 0 radical (unpaired) electrons. The average molecular weight is 753 g/mol. The molecule has 282 valence electrons. The van der Waals surface area contributed by atoms with Gasteiger partial charge in [-0.3, -0.25) is 24.0 Å². The standard InChI is InChI=1S/C35H39ClF2N2O12/c1-18(41)49-26-15-35(34(46)47-4,48-17-23-6-5-7-25(37)29(23)38)52-32(30(26)40-28(44)14-21-8-9-21)31(51-20(3)43)27(50-19(2)42)16-39-33(45)22-10-12-24(36)13-11-22/h5-7,10-13,21,26-27,30-32H,8-9,14-17H2,1-4H3,(H,39,45)(H,40,44)/t26-,27+,30+,31+,32+,35+/m0/s1. The van der Waals surface area contributed by atoms with Gasteiger partial charge >= 0.3 is 23.9 Å². The SMILES string of the molecule is COC(=O)[C@@]1(OCc2cccc(F)c2F)C[C@H](OC(C)=O)[C@@H](NC(=O)CC2CC2)[C@H]([C@H](OC(C)=O)[C@@H](CNC(=O)c2ccc(Cl)cc2)OC(C)=O)O1. The van der Waals surface area contributed by atoms with Crippen LogP contribution in [0.4, 0.5) is 8.78 Å². The van der Waals surface area contributed by atoms with E-state index in [1.165, 1.54) is 36.4 Å². The van der Waals surface area contributed by atoms with E-state index in [4.69, 9.17) is 40.0 Å². The fourth-order valence-electron chi connectivity index (χ4n) is 5.72. The first-order valence-electron chi connectivity index (χ1n) is 16.3. The van der Waals surface area contributed by atoms with Crippen molar-refractivity contribution in [2.75, 3.05) is 13.7 Å². The van der Waals surface area contributed by atoms with E-state index in [2.05, 4.69) is 10.6 Å². The second-order valence-corrected chi connectivity index (χ2v) is 12.8. The molecular formula is C35H39ClF2N2O12. The summed E-state index contributed by atoms with van der Waals surface area (Å²) in [5.41, 5.74) is -0.154. The number of ether oxygens (including phenoxy) is 6. The summed E-state index contributed by atoms with van der Waals surface area (Å²) in [4.78, 5) is 77.5. The van der Waals surface area contributed by atoms with Crippen LogP contribution in [0.2, 0.25) is 5.02 Å². The minimum absolute atomic E-state index is 0.0796. The number of benzene rings is 2. The summed E-state index contributed by atoms with van der Waals surface area (Å²) in [5.74, 6) is -10.0. The third-order valence-corrected chi connectivity index (χ3v) is 8.49. The lowest BCUT2D eigenvalue weighted by atomic mass is 9.87. The molecule has 2 aliphatic rings. The molecule has 52 heavy (non-hydrogen) atoms. The highest BCUT2D eigenvalue weighted by atomic mass is 35.5. The van der Waals surface area contributed by atoms with Gasteiger partial charge in [0.25, 0.3) is 11.7 Å². The molecule has 6 atom stereocenters.